The SMILES string of the molecule is CNCC1CCCN(Cc2ccc(C(=O)OC)cn2)C1. The highest BCUT2D eigenvalue weighted by atomic mass is 16.5. The number of carbonyl (C=O) groups excluding carboxylic acids is 1. The number of esters is 1. The first-order valence-electron chi connectivity index (χ1n) is 7.13. The number of methoxy groups -OCH3 is 1. The van der Waals surface area contributed by atoms with Crippen LogP contribution < -0.4 is 5.32 Å². The first kappa shape index (κ1) is 14.9. The number of pyridine rings is 1. The van der Waals surface area contributed by atoms with Gasteiger partial charge in [0.1, 0.15) is 0 Å². The average molecular weight is 277 g/mol. The summed E-state index contributed by atoms with van der Waals surface area (Å²) >= 11 is 0. The molecule has 0 aromatic carbocycles. The van der Waals surface area contributed by atoms with Gasteiger partial charge in [-0.25, -0.2) is 4.79 Å². The molecule has 1 aliphatic heterocycles. The predicted octanol–water partition coefficient (Wildman–Crippen LogP) is 1.30. The van der Waals surface area contributed by atoms with Crippen molar-refractivity contribution in [3.63, 3.8) is 0 Å². The molecule has 2 heterocycles. The van der Waals surface area contributed by atoms with E-state index < -0.39 is 0 Å². The number of carbonyl (C=O) groups is 1. The van der Waals surface area contributed by atoms with Gasteiger partial charge in [0.05, 0.1) is 18.4 Å². The molecule has 1 N–H and O–H groups in total. The fourth-order valence-corrected chi connectivity index (χ4v) is 2.74. The molecule has 1 aliphatic rings. The molecule has 0 radical (unpaired) electrons. The first-order valence-corrected chi connectivity index (χ1v) is 7.13. The van der Waals surface area contributed by atoms with Crippen molar-refractivity contribution in [3.05, 3.63) is 29.6 Å². The number of rotatable bonds is 5. The Morgan fingerprint density at radius 3 is 3.05 bits per heavy atom. The zero-order valence-electron chi connectivity index (χ0n) is 12.3. The summed E-state index contributed by atoms with van der Waals surface area (Å²) < 4.78 is 4.67. The summed E-state index contributed by atoms with van der Waals surface area (Å²) in [5.74, 6) is 0.388. The molecule has 1 aromatic heterocycles. The van der Waals surface area contributed by atoms with Crippen LogP contribution in [0.4, 0.5) is 0 Å². The zero-order valence-corrected chi connectivity index (χ0v) is 12.3. The number of nitrogens with one attached hydrogen (secondary N) is 1. The fraction of sp³-hybridized carbons (Fsp3) is 0.600. The van der Waals surface area contributed by atoms with Gasteiger partial charge in [-0.1, -0.05) is 0 Å². The van der Waals surface area contributed by atoms with E-state index in [1.165, 1.54) is 20.0 Å². The molecule has 0 amide bonds. The van der Waals surface area contributed by atoms with Crippen LogP contribution >= 0.6 is 0 Å². The lowest BCUT2D eigenvalue weighted by molar-refractivity contribution is 0.0600. The molecule has 0 spiro atoms. The van der Waals surface area contributed by atoms with Crippen LogP contribution in [0.3, 0.4) is 0 Å². The van der Waals surface area contributed by atoms with Crippen LogP contribution in [0.15, 0.2) is 18.3 Å². The number of aromatic nitrogens is 1. The average Bonchev–Trinajstić information content (AvgIpc) is 2.48. The van der Waals surface area contributed by atoms with Crippen LogP contribution in [0.25, 0.3) is 0 Å². The smallest absolute Gasteiger partial charge is 0.339 e. The number of ether oxygens (including phenoxy) is 1. The maximum Gasteiger partial charge on any atom is 0.339 e. The van der Waals surface area contributed by atoms with Gasteiger partial charge in [-0.05, 0) is 51.0 Å². The molecular formula is C15H23N3O2. The minimum Gasteiger partial charge on any atom is -0.465 e. The second-order valence-corrected chi connectivity index (χ2v) is 5.33. The van der Waals surface area contributed by atoms with Crippen molar-refractivity contribution in [2.75, 3.05) is 33.8 Å². The van der Waals surface area contributed by atoms with Gasteiger partial charge in [0, 0.05) is 19.3 Å². The lowest BCUT2D eigenvalue weighted by Gasteiger charge is -2.32. The third-order valence-corrected chi connectivity index (χ3v) is 3.73. The van der Waals surface area contributed by atoms with Crippen LogP contribution in [0.5, 0.6) is 0 Å². The molecule has 2 rings (SSSR count). The Kier molecular flexibility index (Phi) is 5.49. The zero-order chi connectivity index (χ0) is 14.4. The Hall–Kier alpha value is -1.46. The lowest BCUT2D eigenvalue weighted by atomic mass is 9.98. The Morgan fingerprint density at radius 1 is 1.55 bits per heavy atom. The van der Waals surface area contributed by atoms with Crippen LogP contribution in [-0.4, -0.2) is 49.6 Å². The highest BCUT2D eigenvalue weighted by molar-refractivity contribution is 5.88. The van der Waals surface area contributed by atoms with Gasteiger partial charge in [-0.2, -0.15) is 0 Å². The van der Waals surface area contributed by atoms with Crippen molar-refractivity contribution in [1.82, 2.24) is 15.2 Å². The molecule has 5 heteroatoms. The second kappa shape index (κ2) is 7.36. The van der Waals surface area contributed by atoms with E-state index in [0.717, 1.165) is 37.8 Å². The second-order valence-electron chi connectivity index (χ2n) is 5.33. The molecule has 5 nitrogen and oxygen atoms in total. The maximum atomic E-state index is 11.4. The van der Waals surface area contributed by atoms with E-state index in [1.54, 1.807) is 12.3 Å². The van der Waals surface area contributed by atoms with Crippen LogP contribution in [0.2, 0.25) is 0 Å². The van der Waals surface area contributed by atoms with E-state index in [4.69, 9.17) is 0 Å². The molecule has 20 heavy (non-hydrogen) atoms. The topological polar surface area (TPSA) is 54.5 Å². The summed E-state index contributed by atoms with van der Waals surface area (Å²) in [7, 11) is 3.39. The standard InChI is InChI=1S/C15H23N3O2/c1-16-8-12-4-3-7-18(10-12)11-14-6-5-13(9-17-14)15(19)20-2/h5-6,9,12,16H,3-4,7-8,10-11H2,1-2H3. The third-order valence-electron chi connectivity index (χ3n) is 3.73. The summed E-state index contributed by atoms with van der Waals surface area (Å²) in [4.78, 5) is 18.1. The van der Waals surface area contributed by atoms with Crippen LogP contribution in [-0.2, 0) is 11.3 Å². The normalized spacial score (nSPS) is 19.8. The van der Waals surface area contributed by atoms with E-state index in [9.17, 15) is 4.79 Å². The third kappa shape index (κ3) is 4.02. The molecular weight excluding hydrogens is 254 g/mol. The predicted molar refractivity (Wildman–Crippen MR) is 77.5 cm³/mol. The molecule has 110 valence electrons. The number of nitrogens with zero attached hydrogens (tertiary/aromatic N) is 2. The Balaban J connectivity index is 1.91. The highest BCUT2D eigenvalue weighted by Crippen LogP contribution is 2.17. The summed E-state index contributed by atoms with van der Waals surface area (Å²) in [6.07, 6.45) is 4.13. The van der Waals surface area contributed by atoms with Crippen LogP contribution in [0, 0.1) is 5.92 Å². The summed E-state index contributed by atoms with van der Waals surface area (Å²) in [6, 6.07) is 3.69. The van der Waals surface area contributed by atoms with Gasteiger partial charge in [0.15, 0.2) is 0 Å². The van der Waals surface area contributed by atoms with Gasteiger partial charge in [-0.15, -0.1) is 0 Å². The van der Waals surface area contributed by atoms with Crippen molar-refractivity contribution in [3.8, 4) is 0 Å². The lowest BCUT2D eigenvalue weighted by Crippen LogP contribution is -2.38. The van der Waals surface area contributed by atoms with Crippen molar-refractivity contribution < 1.29 is 9.53 Å². The number of likely N-dealkylation sites (tertiary alicyclic amines) is 1. The van der Waals surface area contributed by atoms with Crippen molar-refractivity contribution in [2.24, 2.45) is 5.92 Å². The minimum absolute atomic E-state index is 0.337. The molecule has 1 atom stereocenters. The van der Waals surface area contributed by atoms with E-state index in [-0.39, 0.29) is 5.97 Å². The maximum absolute atomic E-state index is 11.4. The molecule has 1 fully saturated rings. The number of hydrogen-bond donors (Lipinski definition) is 1. The molecule has 0 saturated carbocycles. The summed E-state index contributed by atoms with van der Waals surface area (Å²) in [5.41, 5.74) is 1.51. The molecule has 1 aromatic rings. The van der Waals surface area contributed by atoms with E-state index in [1.807, 2.05) is 13.1 Å². The quantitative estimate of drug-likeness (QED) is 0.822. The van der Waals surface area contributed by atoms with Gasteiger partial charge >= 0.3 is 5.97 Å². The first-order chi connectivity index (χ1) is 9.72. The Bertz CT molecular complexity index is 431. The van der Waals surface area contributed by atoms with E-state index >= 15 is 0 Å². The van der Waals surface area contributed by atoms with Crippen molar-refractivity contribution in [2.45, 2.75) is 19.4 Å². The van der Waals surface area contributed by atoms with Crippen molar-refractivity contribution in [1.29, 1.82) is 0 Å². The number of piperidine rings is 1. The number of hydrogen-bond acceptors (Lipinski definition) is 5. The molecule has 0 bridgehead atoms. The minimum atomic E-state index is -0.337. The fourth-order valence-electron chi connectivity index (χ4n) is 2.74. The Labute approximate surface area is 120 Å². The van der Waals surface area contributed by atoms with Gasteiger partial charge in [0.25, 0.3) is 0 Å². The summed E-state index contributed by atoms with van der Waals surface area (Å²) in [5, 5.41) is 3.25. The monoisotopic (exact) mass is 277 g/mol. The largest absolute Gasteiger partial charge is 0.465 e. The Morgan fingerprint density at radius 2 is 2.40 bits per heavy atom. The van der Waals surface area contributed by atoms with Gasteiger partial charge < -0.3 is 10.1 Å². The molecule has 1 saturated heterocycles. The van der Waals surface area contributed by atoms with Crippen molar-refractivity contribution >= 4 is 5.97 Å². The van der Waals surface area contributed by atoms with E-state index in [2.05, 4.69) is 19.9 Å². The molecule has 1 unspecified atom stereocenters. The van der Waals surface area contributed by atoms with Gasteiger partial charge in [-0.3, -0.25) is 9.88 Å². The van der Waals surface area contributed by atoms with Crippen LogP contribution in [0.1, 0.15) is 28.9 Å². The highest BCUT2D eigenvalue weighted by Gasteiger charge is 2.19. The van der Waals surface area contributed by atoms with Gasteiger partial charge in [0.2, 0.25) is 0 Å². The summed E-state index contributed by atoms with van der Waals surface area (Å²) in [6.45, 7) is 4.16. The van der Waals surface area contributed by atoms with E-state index in [0.29, 0.717) is 5.56 Å². The molecule has 0 aliphatic carbocycles.